The van der Waals surface area contributed by atoms with E-state index in [9.17, 15) is 9.59 Å². The molecule has 0 unspecified atom stereocenters. The first kappa shape index (κ1) is 13.4. The van der Waals surface area contributed by atoms with Gasteiger partial charge in [0, 0.05) is 12.0 Å². The van der Waals surface area contributed by atoms with Crippen LogP contribution in [0, 0.1) is 0 Å². The molecule has 0 saturated heterocycles. The lowest BCUT2D eigenvalue weighted by molar-refractivity contribution is -0.142. The van der Waals surface area contributed by atoms with E-state index in [1.54, 1.807) is 31.2 Å². The molecule has 0 fully saturated rings. The molecule has 0 amide bonds. The van der Waals surface area contributed by atoms with Crippen LogP contribution in [0.2, 0.25) is 0 Å². The van der Waals surface area contributed by atoms with Gasteiger partial charge in [-0.1, -0.05) is 31.2 Å². The average molecular weight is 234 g/mol. The predicted octanol–water partition coefficient (Wildman–Crippen LogP) is 2.78. The van der Waals surface area contributed by atoms with Gasteiger partial charge in [-0.25, -0.2) is 0 Å². The van der Waals surface area contributed by atoms with Gasteiger partial charge < -0.3 is 4.74 Å². The zero-order valence-corrected chi connectivity index (χ0v) is 10.4. The van der Waals surface area contributed by atoms with Crippen LogP contribution < -0.4 is 0 Å². The second kappa shape index (κ2) is 6.84. The van der Waals surface area contributed by atoms with Crippen LogP contribution in [-0.2, 0) is 16.0 Å². The quantitative estimate of drug-likeness (QED) is 0.561. The van der Waals surface area contributed by atoms with Crippen molar-refractivity contribution in [1.82, 2.24) is 0 Å². The van der Waals surface area contributed by atoms with Crippen LogP contribution in [0.4, 0.5) is 0 Å². The fourth-order valence-corrected chi connectivity index (χ4v) is 1.56. The monoisotopic (exact) mass is 234 g/mol. The Morgan fingerprint density at radius 1 is 1.12 bits per heavy atom. The number of Topliss-reactive ketones (excluding diaryl/α,β-unsaturated/α-hetero) is 1. The summed E-state index contributed by atoms with van der Waals surface area (Å²) >= 11 is 0. The van der Waals surface area contributed by atoms with Crippen molar-refractivity contribution in [2.24, 2.45) is 0 Å². The molecular formula is C14H18O3. The molecule has 0 saturated carbocycles. The van der Waals surface area contributed by atoms with E-state index in [2.05, 4.69) is 0 Å². The minimum Gasteiger partial charge on any atom is -0.466 e. The molecule has 0 radical (unpaired) electrons. The molecule has 0 bridgehead atoms. The molecule has 3 heteroatoms. The third kappa shape index (κ3) is 4.39. The Morgan fingerprint density at radius 3 is 2.29 bits per heavy atom. The molecule has 1 aromatic carbocycles. The smallest absolute Gasteiger partial charge is 0.310 e. The van der Waals surface area contributed by atoms with Gasteiger partial charge >= 0.3 is 5.97 Å². The van der Waals surface area contributed by atoms with Gasteiger partial charge in [0.2, 0.25) is 0 Å². The number of carbonyl (C=O) groups is 2. The van der Waals surface area contributed by atoms with Crippen LogP contribution in [0.3, 0.4) is 0 Å². The zero-order valence-electron chi connectivity index (χ0n) is 10.4. The molecule has 0 aliphatic rings. The summed E-state index contributed by atoms with van der Waals surface area (Å²) < 4.78 is 4.86. The second-order valence-electron chi connectivity index (χ2n) is 3.85. The highest BCUT2D eigenvalue weighted by molar-refractivity contribution is 5.96. The Labute approximate surface area is 102 Å². The van der Waals surface area contributed by atoms with Gasteiger partial charge in [0.05, 0.1) is 13.0 Å². The van der Waals surface area contributed by atoms with Crippen molar-refractivity contribution >= 4 is 11.8 Å². The van der Waals surface area contributed by atoms with Crippen molar-refractivity contribution in [2.75, 3.05) is 6.61 Å². The number of hydrogen-bond donors (Lipinski definition) is 0. The Balaban J connectivity index is 2.61. The molecule has 92 valence electrons. The lowest BCUT2D eigenvalue weighted by Crippen LogP contribution is -2.07. The normalized spacial score (nSPS) is 10.0. The summed E-state index contributed by atoms with van der Waals surface area (Å²) in [5, 5.41) is 0. The van der Waals surface area contributed by atoms with Crippen molar-refractivity contribution in [3.63, 3.8) is 0 Å². The number of esters is 1. The van der Waals surface area contributed by atoms with E-state index in [0.717, 1.165) is 12.0 Å². The summed E-state index contributed by atoms with van der Waals surface area (Å²) in [6.07, 6.45) is 1.68. The zero-order chi connectivity index (χ0) is 12.7. The highest BCUT2D eigenvalue weighted by Crippen LogP contribution is 2.09. The first-order chi connectivity index (χ1) is 8.17. The van der Waals surface area contributed by atoms with Crippen molar-refractivity contribution < 1.29 is 14.3 Å². The molecule has 0 aliphatic carbocycles. The summed E-state index contributed by atoms with van der Waals surface area (Å²) in [7, 11) is 0. The summed E-state index contributed by atoms with van der Waals surface area (Å²) in [5.74, 6) is -0.0877. The van der Waals surface area contributed by atoms with E-state index in [1.807, 2.05) is 6.92 Å². The van der Waals surface area contributed by atoms with Gasteiger partial charge in [-0.3, -0.25) is 9.59 Å². The SMILES string of the molecule is CCCC(=O)c1ccc(CC(=O)OCC)cc1. The van der Waals surface area contributed by atoms with Crippen molar-refractivity contribution in [2.45, 2.75) is 33.1 Å². The molecule has 0 aliphatic heterocycles. The summed E-state index contributed by atoms with van der Waals surface area (Å²) in [5.41, 5.74) is 1.58. The maximum atomic E-state index is 11.6. The lowest BCUT2D eigenvalue weighted by atomic mass is 10.0. The fraction of sp³-hybridized carbons (Fsp3) is 0.429. The summed E-state index contributed by atoms with van der Waals surface area (Å²) in [4.78, 5) is 22.8. The van der Waals surface area contributed by atoms with E-state index in [4.69, 9.17) is 4.74 Å². The topological polar surface area (TPSA) is 43.4 Å². The molecule has 0 heterocycles. The summed E-state index contributed by atoms with van der Waals surface area (Å²) in [6.45, 7) is 4.16. The third-order valence-electron chi connectivity index (χ3n) is 2.41. The largest absolute Gasteiger partial charge is 0.466 e. The van der Waals surface area contributed by atoms with E-state index in [-0.39, 0.29) is 18.2 Å². The maximum Gasteiger partial charge on any atom is 0.310 e. The lowest BCUT2D eigenvalue weighted by Gasteiger charge is -2.03. The Hall–Kier alpha value is -1.64. The third-order valence-corrected chi connectivity index (χ3v) is 2.41. The second-order valence-corrected chi connectivity index (χ2v) is 3.85. The number of ketones is 1. The molecule has 1 rings (SSSR count). The van der Waals surface area contributed by atoms with Gasteiger partial charge in [0.25, 0.3) is 0 Å². The molecule has 3 nitrogen and oxygen atoms in total. The van der Waals surface area contributed by atoms with Gasteiger partial charge in [-0.2, -0.15) is 0 Å². The van der Waals surface area contributed by atoms with Crippen molar-refractivity contribution in [1.29, 1.82) is 0 Å². The first-order valence-electron chi connectivity index (χ1n) is 5.95. The van der Waals surface area contributed by atoms with E-state index in [0.29, 0.717) is 18.6 Å². The number of hydrogen-bond acceptors (Lipinski definition) is 3. The number of ether oxygens (including phenoxy) is 1. The predicted molar refractivity (Wildman–Crippen MR) is 66.0 cm³/mol. The highest BCUT2D eigenvalue weighted by atomic mass is 16.5. The average Bonchev–Trinajstić information content (AvgIpc) is 2.30. The van der Waals surface area contributed by atoms with Crippen LogP contribution in [0.25, 0.3) is 0 Å². The summed E-state index contributed by atoms with van der Waals surface area (Å²) in [6, 6.07) is 7.15. The molecular weight excluding hydrogens is 216 g/mol. The molecule has 0 N–H and O–H groups in total. The molecule has 17 heavy (non-hydrogen) atoms. The fourth-order valence-electron chi connectivity index (χ4n) is 1.56. The Morgan fingerprint density at radius 2 is 1.76 bits per heavy atom. The van der Waals surface area contributed by atoms with Gasteiger partial charge in [-0.05, 0) is 18.9 Å². The first-order valence-corrected chi connectivity index (χ1v) is 5.95. The van der Waals surface area contributed by atoms with Crippen LogP contribution in [-0.4, -0.2) is 18.4 Å². The highest BCUT2D eigenvalue weighted by Gasteiger charge is 2.06. The minimum atomic E-state index is -0.236. The van der Waals surface area contributed by atoms with E-state index < -0.39 is 0 Å². The van der Waals surface area contributed by atoms with Crippen LogP contribution >= 0.6 is 0 Å². The Bertz CT molecular complexity index is 379. The Kier molecular flexibility index (Phi) is 5.40. The van der Waals surface area contributed by atoms with Crippen LogP contribution in [0.5, 0.6) is 0 Å². The molecule has 1 aromatic rings. The van der Waals surface area contributed by atoms with E-state index in [1.165, 1.54) is 0 Å². The van der Waals surface area contributed by atoms with E-state index >= 15 is 0 Å². The van der Waals surface area contributed by atoms with Crippen LogP contribution in [0.15, 0.2) is 24.3 Å². The maximum absolute atomic E-state index is 11.6. The van der Waals surface area contributed by atoms with Crippen molar-refractivity contribution in [3.8, 4) is 0 Å². The van der Waals surface area contributed by atoms with Gasteiger partial charge in [-0.15, -0.1) is 0 Å². The number of benzene rings is 1. The molecule has 0 aromatic heterocycles. The number of rotatable bonds is 6. The van der Waals surface area contributed by atoms with Gasteiger partial charge in [0.15, 0.2) is 5.78 Å². The van der Waals surface area contributed by atoms with Gasteiger partial charge in [0.1, 0.15) is 0 Å². The van der Waals surface area contributed by atoms with Crippen molar-refractivity contribution in [3.05, 3.63) is 35.4 Å². The minimum absolute atomic E-state index is 0.148. The van der Waals surface area contributed by atoms with Crippen LogP contribution in [0.1, 0.15) is 42.6 Å². The number of carbonyl (C=O) groups excluding carboxylic acids is 2. The molecule has 0 spiro atoms. The molecule has 0 atom stereocenters. The standard InChI is InChI=1S/C14H18O3/c1-3-5-13(15)12-8-6-11(7-9-12)10-14(16)17-4-2/h6-9H,3-5,10H2,1-2H3.